The van der Waals surface area contributed by atoms with E-state index >= 15 is 0 Å². The Labute approximate surface area is 110 Å². The molecule has 2 rings (SSSR count). The maximum atomic E-state index is 11.7. The van der Waals surface area contributed by atoms with Gasteiger partial charge in [-0.1, -0.05) is 12.1 Å². The Hall–Kier alpha value is -2.81. The Morgan fingerprint density at radius 3 is 2.68 bits per heavy atom. The number of nitrogen functional groups attached to an aromatic ring is 1. The van der Waals surface area contributed by atoms with E-state index in [2.05, 4.69) is 16.5 Å². The van der Waals surface area contributed by atoms with E-state index in [-0.39, 0.29) is 12.5 Å². The zero-order valence-corrected chi connectivity index (χ0v) is 10.2. The van der Waals surface area contributed by atoms with E-state index in [0.29, 0.717) is 17.9 Å². The van der Waals surface area contributed by atoms with Gasteiger partial charge in [-0.3, -0.25) is 9.48 Å². The number of aromatic nitrogens is 2. The second-order valence-electron chi connectivity index (χ2n) is 4.02. The lowest BCUT2D eigenvalue weighted by atomic mass is 10.1. The standard InChI is InChI=1S/C13H13N5O/c14-7-5-10-1-3-11(4-2-10)16-13(19)9-18-8-6-12(15)17-18/h1-4,6,8H,5,9H2,(H2,15,17)(H,16,19). The third-order valence-corrected chi connectivity index (χ3v) is 2.49. The molecule has 3 N–H and O–H groups in total. The normalized spacial score (nSPS) is 9.84. The molecule has 6 nitrogen and oxygen atoms in total. The lowest BCUT2D eigenvalue weighted by Gasteiger charge is -2.05. The molecule has 2 aromatic rings. The fraction of sp³-hybridized carbons (Fsp3) is 0.154. The van der Waals surface area contributed by atoms with Crippen LogP contribution in [0.4, 0.5) is 11.5 Å². The van der Waals surface area contributed by atoms with Gasteiger partial charge in [0.1, 0.15) is 12.4 Å². The van der Waals surface area contributed by atoms with Crippen molar-refractivity contribution in [2.45, 2.75) is 13.0 Å². The van der Waals surface area contributed by atoms with Crippen LogP contribution in [-0.4, -0.2) is 15.7 Å². The molecule has 0 atom stereocenters. The largest absolute Gasteiger partial charge is 0.382 e. The molecule has 0 aliphatic rings. The molecule has 0 bridgehead atoms. The zero-order chi connectivity index (χ0) is 13.7. The van der Waals surface area contributed by atoms with Gasteiger partial charge in [-0.2, -0.15) is 10.4 Å². The SMILES string of the molecule is N#CCc1ccc(NC(=O)Cn2ccc(N)n2)cc1. The summed E-state index contributed by atoms with van der Waals surface area (Å²) in [5.74, 6) is 0.199. The summed E-state index contributed by atoms with van der Waals surface area (Å²) in [7, 11) is 0. The quantitative estimate of drug-likeness (QED) is 0.857. The summed E-state index contributed by atoms with van der Waals surface area (Å²) in [6.07, 6.45) is 2.01. The van der Waals surface area contributed by atoms with Crippen LogP contribution >= 0.6 is 0 Å². The Bertz CT molecular complexity index is 609. The number of nitrogens with two attached hydrogens (primary N) is 1. The Balaban J connectivity index is 1.93. The summed E-state index contributed by atoms with van der Waals surface area (Å²) in [5.41, 5.74) is 7.07. The van der Waals surface area contributed by atoms with Crippen molar-refractivity contribution in [2.24, 2.45) is 0 Å². The van der Waals surface area contributed by atoms with Crippen LogP contribution in [0.5, 0.6) is 0 Å². The molecule has 96 valence electrons. The molecule has 1 amide bonds. The van der Waals surface area contributed by atoms with E-state index < -0.39 is 0 Å². The lowest BCUT2D eigenvalue weighted by molar-refractivity contribution is -0.116. The number of anilines is 2. The molecule has 0 aliphatic heterocycles. The van der Waals surface area contributed by atoms with Gasteiger partial charge in [-0.05, 0) is 23.8 Å². The van der Waals surface area contributed by atoms with Gasteiger partial charge in [0, 0.05) is 11.9 Å². The van der Waals surface area contributed by atoms with Crippen molar-refractivity contribution in [1.29, 1.82) is 5.26 Å². The minimum absolute atomic E-state index is 0.108. The van der Waals surface area contributed by atoms with Crippen LogP contribution < -0.4 is 11.1 Å². The van der Waals surface area contributed by atoms with Crippen molar-refractivity contribution in [3.05, 3.63) is 42.1 Å². The minimum atomic E-state index is -0.184. The van der Waals surface area contributed by atoms with Crippen LogP contribution in [-0.2, 0) is 17.8 Å². The topological polar surface area (TPSA) is 96.7 Å². The van der Waals surface area contributed by atoms with Crippen LogP contribution in [0.3, 0.4) is 0 Å². The smallest absolute Gasteiger partial charge is 0.246 e. The highest BCUT2D eigenvalue weighted by Crippen LogP contribution is 2.10. The highest BCUT2D eigenvalue weighted by Gasteiger charge is 2.04. The maximum absolute atomic E-state index is 11.7. The molecule has 6 heteroatoms. The van der Waals surface area contributed by atoms with Gasteiger partial charge < -0.3 is 11.1 Å². The Morgan fingerprint density at radius 2 is 2.11 bits per heavy atom. The Morgan fingerprint density at radius 1 is 1.37 bits per heavy atom. The van der Waals surface area contributed by atoms with E-state index in [0.717, 1.165) is 5.56 Å². The number of nitrogens with one attached hydrogen (secondary N) is 1. The first-order valence-electron chi connectivity index (χ1n) is 5.72. The van der Waals surface area contributed by atoms with Gasteiger partial charge in [0.05, 0.1) is 12.5 Å². The van der Waals surface area contributed by atoms with Crippen LogP contribution in [0.15, 0.2) is 36.5 Å². The molecule has 1 aromatic heterocycles. The number of rotatable bonds is 4. The minimum Gasteiger partial charge on any atom is -0.382 e. The molecule has 0 aliphatic carbocycles. The number of hydrogen-bond donors (Lipinski definition) is 2. The third-order valence-electron chi connectivity index (χ3n) is 2.49. The summed E-state index contributed by atoms with van der Waals surface area (Å²) in [4.78, 5) is 11.7. The number of carbonyl (C=O) groups excluding carboxylic acids is 1. The highest BCUT2D eigenvalue weighted by molar-refractivity contribution is 5.90. The first kappa shape index (κ1) is 12.6. The van der Waals surface area contributed by atoms with E-state index in [1.165, 1.54) is 4.68 Å². The molecule has 19 heavy (non-hydrogen) atoms. The summed E-state index contributed by atoms with van der Waals surface area (Å²) >= 11 is 0. The maximum Gasteiger partial charge on any atom is 0.246 e. The summed E-state index contributed by atoms with van der Waals surface area (Å²) in [5, 5.41) is 15.2. The molecule has 0 unspecified atom stereocenters. The van der Waals surface area contributed by atoms with Gasteiger partial charge >= 0.3 is 0 Å². The van der Waals surface area contributed by atoms with Crippen molar-refractivity contribution < 1.29 is 4.79 Å². The van der Waals surface area contributed by atoms with E-state index in [4.69, 9.17) is 11.0 Å². The number of amides is 1. The van der Waals surface area contributed by atoms with Crippen molar-refractivity contribution >= 4 is 17.4 Å². The molecule has 0 radical (unpaired) electrons. The monoisotopic (exact) mass is 255 g/mol. The average Bonchev–Trinajstić information content (AvgIpc) is 2.77. The molecule has 1 aromatic carbocycles. The summed E-state index contributed by atoms with van der Waals surface area (Å²) in [6, 6.07) is 10.8. The van der Waals surface area contributed by atoms with Gasteiger partial charge in [-0.25, -0.2) is 0 Å². The van der Waals surface area contributed by atoms with Gasteiger partial charge in [0.15, 0.2) is 0 Å². The molecular formula is C13H13N5O. The van der Waals surface area contributed by atoms with E-state index in [1.54, 1.807) is 24.4 Å². The number of carbonyl (C=O) groups is 1. The van der Waals surface area contributed by atoms with Gasteiger partial charge in [0.2, 0.25) is 5.91 Å². The van der Waals surface area contributed by atoms with Gasteiger partial charge in [-0.15, -0.1) is 0 Å². The molecule has 0 saturated carbocycles. The van der Waals surface area contributed by atoms with Crippen molar-refractivity contribution in [2.75, 3.05) is 11.1 Å². The second kappa shape index (κ2) is 5.69. The fourth-order valence-corrected chi connectivity index (χ4v) is 1.61. The molecular weight excluding hydrogens is 242 g/mol. The number of benzene rings is 1. The lowest BCUT2D eigenvalue weighted by Crippen LogP contribution is -2.19. The number of hydrogen-bond acceptors (Lipinski definition) is 4. The van der Waals surface area contributed by atoms with Crippen molar-refractivity contribution in [3.8, 4) is 6.07 Å². The Kier molecular flexibility index (Phi) is 3.78. The van der Waals surface area contributed by atoms with Crippen LogP contribution in [0.2, 0.25) is 0 Å². The summed E-state index contributed by atoms with van der Waals surface area (Å²) < 4.78 is 1.47. The van der Waals surface area contributed by atoms with Crippen molar-refractivity contribution in [3.63, 3.8) is 0 Å². The molecule has 0 fully saturated rings. The van der Waals surface area contributed by atoms with Gasteiger partial charge in [0.25, 0.3) is 0 Å². The average molecular weight is 255 g/mol. The highest BCUT2D eigenvalue weighted by atomic mass is 16.2. The molecule has 0 saturated heterocycles. The fourth-order valence-electron chi connectivity index (χ4n) is 1.61. The van der Waals surface area contributed by atoms with Crippen molar-refractivity contribution in [1.82, 2.24) is 9.78 Å². The van der Waals surface area contributed by atoms with Crippen LogP contribution in [0.25, 0.3) is 0 Å². The predicted molar refractivity (Wildman–Crippen MR) is 71.0 cm³/mol. The molecule has 0 spiro atoms. The first-order valence-corrected chi connectivity index (χ1v) is 5.72. The van der Waals surface area contributed by atoms with E-state index in [1.807, 2.05) is 12.1 Å². The molecule has 1 heterocycles. The number of nitriles is 1. The second-order valence-corrected chi connectivity index (χ2v) is 4.02. The van der Waals surface area contributed by atoms with Crippen LogP contribution in [0, 0.1) is 11.3 Å². The van der Waals surface area contributed by atoms with Crippen LogP contribution in [0.1, 0.15) is 5.56 Å². The predicted octanol–water partition coefficient (Wildman–Crippen LogP) is 1.17. The summed E-state index contributed by atoms with van der Waals surface area (Å²) in [6.45, 7) is 0.108. The van der Waals surface area contributed by atoms with E-state index in [9.17, 15) is 4.79 Å². The zero-order valence-electron chi connectivity index (χ0n) is 10.2. The third kappa shape index (κ3) is 3.57. The first-order chi connectivity index (χ1) is 9.17. The number of nitrogens with zero attached hydrogens (tertiary/aromatic N) is 3.